The Kier molecular flexibility index (Phi) is 5.49. The van der Waals surface area contributed by atoms with Gasteiger partial charge < -0.3 is 0 Å². The van der Waals surface area contributed by atoms with Crippen LogP contribution < -0.4 is 20.9 Å². The van der Waals surface area contributed by atoms with Crippen LogP contribution in [0.1, 0.15) is 11.4 Å². The molecule has 0 radical (unpaired) electrons. The van der Waals surface area contributed by atoms with Crippen molar-refractivity contribution in [3.63, 3.8) is 0 Å². The van der Waals surface area contributed by atoms with Gasteiger partial charge in [0.2, 0.25) is 0 Å². The van der Waals surface area contributed by atoms with Crippen molar-refractivity contribution in [3.8, 4) is 11.3 Å². The van der Waals surface area contributed by atoms with Crippen LogP contribution in [0.4, 0.5) is 17.6 Å². The molecule has 0 N–H and O–H groups in total. The van der Waals surface area contributed by atoms with Crippen LogP contribution in [-0.2, 0) is 0 Å². The van der Waals surface area contributed by atoms with Crippen molar-refractivity contribution < 1.29 is 17.6 Å². The molecule has 0 bridgehead atoms. The van der Waals surface area contributed by atoms with Crippen LogP contribution in [0, 0.1) is 44.1 Å². The number of hydrogen-bond donors (Lipinski definition) is 0. The molecule has 0 saturated carbocycles. The fourth-order valence-corrected chi connectivity index (χ4v) is 4.75. The molecular formula is C31H17F4N3. The highest BCUT2D eigenvalue weighted by Crippen LogP contribution is 2.22. The molecule has 2 heterocycles. The standard InChI is InChI=1S/C31H17F4N3/c1-16-9-26(34)23-6-3-20(32)11-18(30(16)23)13-22-5-8-25-28(37-38-29(25)15-36-22)14-19-12-21(33)4-7-24-27(35)10-17(2)31(19)24/h3-15H,1-2H2/b18-13+,19-14+. The van der Waals surface area contributed by atoms with Crippen LogP contribution in [0.25, 0.3) is 36.6 Å². The van der Waals surface area contributed by atoms with Gasteiger partial charge in [-0.2, -0.15) is 0 Å². The lowest BCUT2D eigenvalue weighted by Gasteiger charge is -1.90. The number of fused-ring (bicyclic) bond motifs is 1. The summed E-state index contributed by atoms with van der Waals surface area (Å²) in [7, 11) is 0. The Hall–Kier alpha value is -4.91. The van der Waals surface area contributed by atoms with E-state index in [0.717, 1.165) is 0 Å². The third-order valence-corrected chi connectivity index (χ3v) is 6.45. The number of aromatic nitrogens is 3. The summed E-state index contributed by atoms with van der Waals surface area (Å²) < 4.78 is 57.4. The van der Waals surface area contributed by atoms with Gasteiger partial charge in [-0.15, -0.1) is 10.2 Å². The summed E-state index contributed by atoms with van der Waals surface area (Å²) in [6, 6.07) is 13.8. The maximum atomic E-state index is 14.4. The van der Waals surface area contributed by atoms with Gasteiger partial charge in [-0.05, 0) is 104 Å². The van der Waals surface area contributed by atoms with Gasteiger partial charge >= 0.3 is 0 Å². The highest BCUT2D eigenvalue weighted by molar-refractivity contribution is 5.71. The largest absolute Gasteiger partial charge is 0.255 e. The molecule has 0 saturated heterocycles. The summed E-state index contributed by atoms with van der Waals surface area (Å²) in [4.78, 5) is 4.44. The zero-order valence-corrected chi connectivity index (χ0v) is 19.8. The Morgan fingerprint density at radius 3 is 1.82 bits per heavy atom. The van der Waals surface area contributed by atoms with Gasteiger partial charge in [0.15, 0.2) is 0 Å². The summed E-state index contributed by atoms with van der Waals surface area (Å²) >= 11 is 0. The van der Waals surface area contributed by atoms with E-state index in [1.807, 2.05) is 0 Å². The van der Waals surface area contributed by atoms with Crippen molar-refractivity contribution in [3.05, 3.63) is 143 Å². The first-order valence-electron chi connectivity index (χ1n) is 11.6. The molecule has 0 amide bonds. The molecule has 6 rings (SSSR count). The summed E-state index contributed by atoms with van der Waals surface area (Å²) in [5.74, 6) is -2.04. The second-order valence-electron chi connectivity index (χ2n) is 8.94. The Morgan fingerprint density at radius 1 is 0.632 bits per heavy atom. The summed E-state index contributed by atoms with van der Waals surface area (Å²) in [5, 5.41) is 11.5. The average Bonchev–Trinajstić information content (AvgIpc) is 3.29. The average molecular weight is 507 g/mol. The first-order valence-corrected chi connectivity index (χ1v) is 11.6. The summed E-state index contributed by atoms with van der Waals surface area (Å²) in [6.07, 6.45) is 4.76. The highest BCUT2D eigenvalue weighted by atomic mass is 19.1. The van der Waals surface area contributed by atoms with Crippen molar-refractivity contribution >= 4 is 25.3 Å². The third-order valence-electron chi connectivity index (χ3n) is 6.45. The SMILES string of the molecule is C=c1cc(F)c2ccc(F)c/c(=C\c3ccc4c(/C=c5\cc(F)ccc6c(F)cc(=C)c5=6)nnc-4cn3)c1=2. The first kappa shape index (κ1) is 23.5. The molecule has 7 heteroatoms. The normalized spacial score (nSPS) is 12.7. The van der Waals surface area contributed by atoms with Gasteiger partial charge in [0.05, 0.1) is 17.6 Å². The fourth-order valence-electron chi connectivity index (χ4n) is 4.75. The minimum absolute atomic E-state index is 0.251. The lowest BCUT2D eigenvalue weighted by molar-refractivity contribution is 0.621. The number of halogens is 4. The maximum absolute atomic E-state index is 14.4. The maximum Gasteiger partial charge on any atom is 0.131 e. The topological polar surface area (TPSA) is 38.7 Å². The molecular weight excluding hydrogens is 490 g/mol. The predicted octanol–water partition coefficient (Wildman–Crippen LogP) is 3.46. The quantitative estimate of drug-likeness (QED) is 0.337. The lowest BCUT2D eigenvalue weighted by Crippen LogP contribution is -2.10. The van der Waals surface area contributed by atoms with Crippen molar-refractivity contribution in [1.82, 2.24) is 15.2 Å². The van der Waals surface area contributed by atoms with Crippen LogP contribution in [0.3, 0.4) is 0 Å². The number of hydrogen-bond acceptors (Lipinski definition) is 3. The van der Waals surface area contributed by atoms with E-state index in [2.05, 4.69) is 28.3 Å². The molecule has 0 aromatic rings. The van der Waals surface area contributed by atoms with E-state index in [-0.39, 0.29) is 10.4 Å². The molecule has 3 nitrogen and oxygen atoms in total. The molecule has 2 aliphatic heterocycles. The molecule has 0 aromatic heterocycles. The first-order chi connectivity index (χ1) is 18.3. The summed E-state index contributed by atoms with van der Waals surface area (Å²) in [6.45, 7) is 7.78. The predicted molar refractivity (Wildman–Crippen MR) is 136 cm³/mol. The third kappa shape index (κ3) is 3.98. The molecule has 38 heavy (non-hydrogen) atoms. The Balaban J connectivity index is 1.58. The van der Waals surface area contributed by atoms with Gasteiger partial charge in [0, 0.05) is 16.0 Å². The van der Waals surface area contributed by atoms with Gasteiger partial charge in [-0.3, -0.25) is 4.98 Å². The van der Waals surface area contributed by atoms with Gasteiger partial charge in [-0.1, -0.05) is 13.2 Å². The number of rotatable bonds is 2. The van der Waals surface area contributed by atoms with E-state index in [9.17, 15) is 17.6 Å². The van der Waals surface area contributed by atoms with E-state index in [4.69, 9.17) is 0 Å². The van der Waals surface area contributed by atoms with Crippen molar-refractivity contribution in [1.29, 1.82) is 0 Å². The Labute approximate surface area is 212 Å². The molecule has 0 atom stereocenters. The van der Waals surface area contributed by atoms with E-state index in [1.54, 1.807) is 24.3 Å². The second kappa shape index (κ2) is 8.88. The van der Waals surface area contributed by atoms with Crippen molar-refractivity contribution in [2.24, 2.45) is 0 Å². The minimum Gasteiger partial charge on any atom is -0.255 e. The van der Waals surface area contributed by atoms with Crippen LogP contribution >= 0.6 is 0 Å². The smallest absolute Gasteiger partial charge is 0.131 e. The van der Waals surface area contributed by atoms with Crippen LogP contribution in [0.15, 0.2) is 66.9 Å². The molecule has 0 spiro atoms. The summed E-state index contributed by atoms with van der Waals surface area (Å²) in [5.41, 5.74) is 1.96. The lowest BCUT2D eigenvalue weighted by atomic mass is 10.1. The molecule has 184 valence electrons. The molecule has 6 aliphatic rings. The van der Waals surface area contributed by atoms with E-state index in [0.29, 0.717) is 54.0 Å². The molecule has 0 aromatic carbocycles. The number of nitrogens with zero attached hydrogens (tertiary/aromatic N) is 3. The molecule has 0 fully saturated rings. The van der Waals surface area contributed by atoms with Gasteiger partial charge in [0.1, 0.15) is 29.0 Å². The highest BCUT2D eigenvalue weighted by Gasteiger charge is 2.12. The van der Waals surface area contributed by atoms with Crippen LogP contribution in [-0.4, -0.2) is 15.2 Å². The van der Waals surface area contributed by atoms with Crippen LogP contribution in [0.5, 0.6) is 0 Å². The minimum atomic E-state index is -0.539. The van der Waals surface area contributed by atoms with Crippen molar-refractivity contribution in [2.45, 2.75) is 0 Å². The second-order valence-corrected chi connectivity index (χ2v) is 8.94. The Morgan fingerprint density at radius 2 is 1.21 bits per heavy atom. The fraction of sp³-hybridized carbons (Fsp3) is 0. The van der Waals surface area contributed by atoms with Gasteiger partial charge in [-0.25, -0.2) is 17.6 Å². The van der Waals surface area contributed by atoms with Crippen LogP contribution in [0.2, 0.25) is 0 Å². The van der Waals surface area contributed by atoms with E-state index in [1.165, 1.54) is 54.7 Å². The molecule has 4 aliphatic carbocycles. The molecule has 0 unspecified atom stereocenters. The van der Waals surface area contributed by atoms with E-state index >= 15 is 0 Å². The zero-order valence-electron chi connectivity index (χ0n) is 19.8. The zero-order chi connectivity index (χ0) is 26.6. The van der Waals surface area contributed by atoms with E-state index < -0.39 is 23.3 Å². The monoisotopic (exact) mass is 507 g/mol. The van der Waals surface area contributed by atoms with Crippen molar-refractivity contribution in [2.75, 3.05) is 0 Å². The Bertz CT molecular complexity index is 2230. The van der Waals surface area contributed by atoms with Gasteiger partial charge in [0.25, 0.3) is 0 Å².